The van der Waals surface area contributed by atoms with Gasteiger partial charge in [-0.05, 0) is 40.5 Å². The van der Waals surface area contributed by atoms with Gasteiger partial charge in [-0.1, -0.05) is 6.08 Å². The summed E-state index contributed by atoms with van der Waals surface area (Å²) in [6, 6.07) is 2.05. The fraction of sp³-hybridized carbons (Fsp3) is 0.273. The number of nitrogen functional groups attached to an aromatic ring is 1. The fourth-order valence-corrected chi connectivity index (χ4v) is 2.69. The minimum Gasteiger partial charge on any atom is -0.382 e. The second-order valence-electron chi connectivity index (χ2n) is 3.97. The summed E-state index contributed by atoms with van der Waals surface area (Å²) in [6.45, 7) is 1.90. The monoisotopic (exact) mass is 293 g/mol. The van der Waals surface area contributed by atoms with Gasteiger partial charge in [0.2, 0.25) is 0 Å². The second-order valence-corrected chi connectivity index (χ2v) is 4.82. The van der Waals surface area contributed by atoms with Crippen LogP contribution in [-0.2, 0) is 0 Å². The van der Waals surface area contributed by atoms with Gasteiger partial charge >= 0.3 is 0 Å². The van der Waals surface area contributed by atoms with Crippen molar-refractivity contribution in [3.05, 3.63) is 28.6 Å². The van der Waals surface area contributed by atoms with Gasteiger partial charge in [-0.25, -0.2) is 9.50 Å². The molecule has 0 unspecified atom stereocenters. The van der Waals surface area contributed by atoms with Crippen molar-refractivity contribution in [3.8, 4) is 0 Å². The van der Waals surface area contributed by atoms with E-state index in [1.165, 1.54) is 11.9 Å². The van der Waals surface area contributed by atoms with E-state index in [0.29, 0.717) is 5.82 Å². The number of halogens is 1. The first kappa shape index (κ1) is 10.7. The molecule has 0 spiro atoms. The Labute approximate surface area is 107 Å². The Balaban J connectivity index is 2.24. The molecular weight excluding hydrogens is 282 g/mol. The van der Waals surface area contributed by atoms with Crippen molar-refractivity contribution in [3.63, 3.8) is 0 Å². The van der Waals surface area contributed by atoms with Gasteiger partial charge in [-0.3, -0.25) is 0 Å². The SMILES string of the molecule is Nc1ncnn2c(C3=CCNCC3)cc(Br)c12. The zero-order valence-electron chi connectivity index (χ0n) is 9.15. The van der Waals surface area contributed by atoms with E-state index in [1.54, 1.807) is 0 Å². The molecule has 0 aliphatic carbocycles. The van der Waals surface area contributed by atoms with Gasteiger partial charge in [-0.15, -0.1) is 0 Å². The molecule has 0 bridgehead atoms. The minimum absolute atomic E-state index is 0.493. The Morgan fingerprint density at radius 3 is 3.12 bits per heavy atom. The third-order valence-corrected chi connectivity index (χ3v) is 3.53. The lowest BCUT2D eigenvalue weighted by atomic mass is 10.1. The number of nitrogens with two attached hydrogens (primary N) is 1. The number of rotatable bonds is 1. The first-order chi connectivity index (χ1) is 8.27. The third kappa shape index (κ3) is 1.73. The van der Waals surface area contributed by atoms with Gasteiger partial charge in [0.05, 0.1) is 5.69 Å². The molecule has 1 aliphatic heterocycles. The molecule has 0 amide bonds. The molecule has 88 valence electrons. The van der Waals surface area contributed by atoms with Crippen molar-refractivity contribution >= 4 is 32.8 Å². The molecule has 0 saturated carbocycles. The molecule has 6 heteroatoms. The van der Waals surface area contributed by atoms with E-state index in [9.17, 15) is 0 Å². The average molecular weight is 294 g/mol. The lowest BCUT2D eigenvalue weighted by Crippen LogP contribution is -2.20. The number of nitrogens with zero attached hydrogens (tertiary/aromatic N) is 3. The van der Waals surface area contributed by atoms with E-state index in [4.69, 9.17) is 5.73 Å². The van der Waals surface area contributed by atoms with Gasteiger partial charge in [0.25, 0.3) is 0 Å². The van der Waals surface area contributed by atoms with Crippen LogP contribution in [0.15, 0.2) is 22.9 Å². The van der Waals surface area contributed by atoms with Crippen molar-refractivity contribution in [1.82, 2.24) is 19.9 Å². The van der Waals surface area contributed by atoms with Crippen LogP contribution in [0.4, 0.5) is 5.82 Å². The van der Waals surface area contributed by atoms with Gasteiger partial charge in [-0.2, -0.15) is 5.10 Å². The van der Waals surface area contributed by atoms with E-state index in [2.05, 4.69) is 43.5 Å². The highest BCUT2D eigenvalue weighted by molar-refractivity contribution is 9.10. The summed E-state index contributed by atoms with van der Waals surface area (Å²) in [4.78, 5) is 4.01. The molecule has 0 atom stereocenters. The van der Waals surface area contributed by atoms with Crippen molar-refractivity contribution in [2.24, 2.45) is 0 Å². The summed E-state index contributed by atoms with van der Waals surface area (Å²) < 4.78 is 2.79. The summed E-state index contributed by atoms with van der Waals surface area (Å²) in [7, 11) is 0. The van der Waals surface area contributed by atoms with Crippen LogP contribution in [0.5, 0.6) is 0 Å². The van der Waals surface area contributed by atoms with E-state index < -0.39 is 0 Å². The van der Waals surface area contributed by atoms with Crippen LogP contribution in [0.1, 0.15) is 12.1 Å². The average Bonchev–Trinajstić information content (AvgIpc) is 2.69. The summed E-state index contributed by atoms with van der Waals surface area (Å²) in [5, 5.41) is 7.57. The smallest absolute Gasteiger partial charge is 0.152 e. The van der Waals surface area contributed by atoms with Crippen LogP contribution in [0.2, 0.25) is 0 Å². The minimum atomic E-state index is 0.493. The lowest BCUT2D eigenvalue weighted by molar-refractivity contribution is 0.733. The van der Waals surface area contributed by atoms with Crippen LogP contribution in [0.3, 0.4) is 0 Å². The number of hydrogen-bond acceptors (Lipinski definition) is 4. The molecule has 0 aromatic carbocycles. The predicted molar refractivity (Wildman–Crippen MR) is 70.6 cm³/mol. The fourth-order valence-electron chi connectivity index (χ4n) is 2.11. The van der Waals surface area contributed by atoms with Crippen LogP contribution in [-0.4, -0.2) is 27.7 Å². The predicted octanol–water partition coefficient (Wildman–Crippen LogP) is 1.45. The van der Waals surface area contributed by atoms with Crippen molar-refractivity contribution < 1.29 is 0 Å². The van der Waals surface area contributed by atoms with Gasteiger partial charge in [0.1, 0.15) is 11.8 Å². The molecule has 3 rings (SSSR count). The zero-order chi connectivity index (χ0) is 11.8. The van der Waals surface area contributed by atoms with Gasteiger partial charge in [0.15, 0.2) is 5.82 Å². The molecule has 3 N–H and O–H groups in total. The van der Waals surface area contributed by atoms with Crippen LogP contribution < -0.4 is 11.1 Å². The highest BCUT2D eigenvalue weighted by Crippen LogP contribution is 2.30. The van der Waals surface area contributed by atoms with Gasteiger partial charge < -0.3 is 11.1 Å². The molecule has 3 heterocycles. The molecule has 0 fully saturated rings. The van der Waals surface area contributed by atoms with Crippen molar-refractivity contribution in [2.45, 2.75) is 6.42 Å². The highest BCUT2D eigenvalue weighted by atomic mass is 79.9. The van der Waals surface area contributed by atoms with Crippen LogP contribution in [0, 0.1) is 0 Å². The van der Waals surface area contributed by atoms with E-state index in [0.717, 1.165) is 35.2 Å². The molecular formula is C11H12BrN5. The normalized spacial score (nSPS) is 16.2. The maximum Gasteiger partial charge on any atom is 0.152 e. The number of hydrogen-bond donors (Lipinski definition) is 2. The Kier molecular flexibility index (Phi) is 2.60. The number of aromatic nitrogens is 3. The zero-order valence-corrected chi connectivity index (χ0v) is 10.7. The van der Waals surface area contributed by atoms with Crippen molar-refractivity contribution in [2.75, 3.05) is 18.8 Å². The Morgan fingerprint density at radius 1 is 1.47 bits per heavy atom. The van der Waals surface area contributed by atoms with Crippen LogP contribution >= 0.6 is 15.9 Å². The maximum absolute atomic E-state index is 5.87. The number of nitrogens with one attached hydrogen (secondary N) is 1. The summed E-state index contributed by atoms with van der Waals surface area (Å²) in [6.07, 6.45) is 4.68. The summed E-state index contributed by atoms with van der Waals surface area (Å²) in [5.41, 5.74) is 9.08. The lowest BCUT2D eigenvalue weighted by Gasteiger charge is -2.13. The number of fused-ring (bicyclic) bond motifs is 1. The van der Waals surface area contributed by atoms with Crippen molar-refractivity contribution in [1.29, 1.82) is 0 Å². The number of anilines is 1. The Hall–Kier alpha value is -1.40. The first-order valence-corrected chi connectivity index (χ1v) is 6.24. The van der Waals surface area contributed by atoms with Gasteiger partial charge in [0, 0.05) is 11.0 Å². The summed E-state index contributed by atoms with van der Waals surface area (Å²) >= 11 is 3.51. The molecule has 17 heavy (non-hydrogen) atoms. The standard InChI is InChI=1S/C11H12BrN5/c12-8-5-9(7-1-3-14-4-2-7)17-10(8)11(13)15-6-16-17/h1,5-6,14H,2-4H2,(H2,13,15,16). The summed E-state index contributed by atoms with van der Waals surface area (Å²) in [5.74, 6) is 0.493. The molecule has 1 aliphatic rings. The van der Waals surface area contributed by atoms with E-state index in [1.807, 2.05) is 4.52 Å². The molecule has 5 nitrogen and oxygen atoms in total. The first-order valence-electron chi connectivity index (χ1n) is 5.45. The molecule has 2 aromatic rings. The second kappa shape index (κ2) is 4.12. The maximum atomic E-state index is 5.87. The van der Waals surface area contributed by atoms with E-state index in [-0.39, 0.29) is 0 Å². The Morgan fingerprint density at radius 2 is 2.35 bits per heavy atom. The topological polar surface area (TPSA) is 68.2 Å². The molecule has 2 aromatic heterocycles. The van der Waals surface area contributed by atoms with Crippen LogP contribution in [0.25, 0.3) is 11.1 Å². The van der Waals surface area contributed by atoms with E-state index >= 15 is 0 Å². The third-order valence-electron chi connectivity index (χ3n) is 2.93. The largest absolute Gasteiger partial charge is 0.382 e. The highest BCUT2D eigenvalue weighted by Gasteiger charge is 2.15. The molecule has 0 radical (unpaired) electrons. The molecule has 0 saturated heterocycles. The Bertz CT molecular complexity index is 601. The quantitative estimate of drug-likeness (QED) is 0.835.